The number of methoxy groups -OCH3 is 1. The molecule has 3 aromatic carbocycles. The average Bonchev–Trinajstić information content (AvgIpc) is 3.27. The third kappa shape index (κ3) is 3.69. The molecule has 2 aromatic heterocycles. The number of hydrogen-bond acceptors (Lipinski definition) is 5. The van der Waals surface area contributed by atoms with Gasteiger partial charge in [0.05, 0.1) is 18.1 Å². The number of nitrogens with zero attached hydrogens (tertiary/aromatic N) is 2. The number of aromatic nitrogens is 3. The van der Waals surface area contributed by atoms with E-state index in [-0.39, 0.29) is 23.1 Å². The zero-order chi connectivity index (χ0) is 22.1. The molecule has 0 spiro atoms. The lowest BCUT2D eigenvalue weighted by molar-refractivity contribution is 0.101. The third-order valence-electron chi connectivity index (χ3n) is 4.90. The van der Waals surface area contributed by atoms with Gasteiger partial charge >= 0.3 is 0 Å². The van der Waals surface area contributed by atoms with E-state index < -0.39 is 11.7 Å². The Morgan fingerprint density at radius 3 is 2.59 bits per heavy atom. The molecule has 0 bridgehead atoms. The molecule has 2 N–H and O–H groups in total. The molecule has 0 unspecified atom stereocenters. The minimum Gasteiger partial charge on any atom is -0.493 e. The summed E-state index contributed by atoms with van der Waals surface area (Å²) < 4.78 is 24.7. The van der Waals surface area contributed by atoms with Crippen LogP contribution in [0.1, 0.15) is 10.5 Å². The summed E-state index contributed by atoms with van der Waals surface area (Å²) in [4.78, 5) is 25.2. The van der Waals surface area contributed by atoms with Crippen LogP contribution in [0, 0.1) is 5.82 Å². The minimum atomic E-state index is -0.495. The van der Waals surface area contributed by atoms with Gasteiger partial charge in [-0.05, 0) is 47.9 Å². The number of benzene rings is 3. The van der Waals surface area contributed by atoms with Gasteiger partial charge < -0.3 is 19.8 Å². The highest BCUT2D eigenvalue weighted by Crippen LogP contribution is 2.33. The molecule has 7 nitrogen and oxygen atoms in total. The predicted octanol–water partition coefficient (Wildman–Crippen LogP) is 5.30. The number of amides is 1. The molecule has 8 heteroatoms. The van der Waals surface area contributed by atoms with Gasteiger partial charge in [0.2, 0.25) is 0 Å². The second kappa shape index (κ2) is 7.99. The molecule has 0 atom stereocenters. The van der Waals surface area contributed by atoms with Crippen LogP contribution in [-0.2, 0) is 0 Å². The Labute approximate surface area is 181 Å². The Morgan fingerprint density at radius 1 is 0.969 bits per heavy atom. The number of fused-ring (bicyclic) bond motifs is 2. The first-order valence-electron chi connectivity index (χ1n) is 9.77. The average molecular weight is 428 g/mol. The van der Waals surface area contributed by atoms with E-state index in [0.29, 0.717) is 16.7 Å². The van der Waals surface area contributed by atoms with E-state index >= 15 is 0 Å². The molecule has 0 saturated heterocycles. The molecule has 5 rings (SSSR count). The summed E-state index contributed by atoms with van der Waals surface area (Å²) >= 11 is 0. The van der Waals surface area contributed by atoms with Crippen LogP contribution in [0.4, 0.5) is 10.1 Å². The Hall–Kier alpha value is -4.46. The van der Waals surface area contributed by atoms with E-state index in [1.807, 2.05) is 30.5 Å². The number of carbonyl (C=O) groups excluding carboxylic acids is 1. The number of nitrogens with one attached hydrogen (secondary N) is 2. The maximum atomic E-state index is 13.6. The highest BCUT2D eigenvalue weighted by Gasteiger charge is 2.20. The van der Waals surface area contributed by atoms with Gasteiger partial charge in [0.15, 0.2) is 17.2 Å². The van der Waals surface area contributed by atoms with Crippen molar-refractivity contribution in [2.45, 2.75) is 0 Å². The summed E-state index contributed by atoms with van der Waals surface area (Å²) in [7, 11) is 1.40. The molecule has 0 radical (unpaired) electrons. The second-order valence-electron chi connectivity index (χ2n) is 7.00. The standard InChI is InChI=1S/C24H17FN4O3/c1-31-21-12-15(25)7-9-20(21)32-24-22(28-17-4-2-3-5-18(17)29-24)23(30)27-16-8-6-14-10-11-26-19(14)13-16/h2-13,26H,1H3,(H,27,30). The summed E-state index contributed by atoms with van der Waals surface area (Å²) in [6.45, 7) is 0. The van der Waals surface area contributed by atoms with Gasteiger partial charge in [0.25, 0.3) is 11.8 Å². The van der Waals surface area contributed by atoms with Crippen LogP contribution in [0.25, 0.3) is 21.9 Å². The smallest absolute Gasteiger partial charge is 0.279 e. The molecule has 0 aliphatic carbocycles. The molecule has 5 aromatic rings. The zero-order valence-corrected chi connectivity index (χ0v) is 16.9. The monoisotopic (exact) mass is 428 g/mol. The largest absolute Gasteiger partial charge is 0.493 e. The quantitative estimate of drug-likeness (QED) is 0.396. The van der Waals surface area contributed by atoms with Gasteiger partial charge in [-0.2, -0.15) is 0 Å². The van der Waals surface area contributed by atoms with Crippen molar-refractivity contribution in [3.8, 4) is 17.4 Å². The van der Waals surface area contributed by atoms with Crippen molar-refractivity contribution < 1.29 is 18.7 Å². The van der Waals surface area contributed by atoms with Crippen molar-refractivity contribution in [2.24, 2.45) is 0 Å². The van der Waals surface area contributed by atoms with Gasteiger partial charge in [0, 0.05) is 23.5 Å². The first-order chi connectivity index (χ1) is 15.6. The second-order valence-corrected chi connectivity index (χ2v) is 7.00. The molecule has 0 aliphatic heterocycles. The molecule has 158 valence electrons. The Bertz CT molecular complexity index is 1460. The highest BCUT2D eigenvalue weighted by molar-refractivity contribution is 6.06. The van der Waals surface area contributed by atoms with Gasteiger partial charge in [-0.25, -0.2) is 14.4 Å². The van der Waals surface area contributed by atoms with Crippen LogP contribution >= 0.6 is 0 Å². The van der Waals surface area contributed by atoms with E-state index in [1.165, 1.54) is 25.3 Å². The van der Waals surface area contributed by atoms with E-state index in [4.69, 9.17) is 9.47 Å². The Balaban J connectivity index is 1.55. The van der Waals surface area contributed by atoms with Crippen LogP contribution < -0.4 is 14.8 Å². The number of para-hydroxylation sites is 2. The van der Waals surface area contributed by atoms with Crippen LogP contribution in [0.3, 0.4) is 0 Å². The fourth-order valence-electron chi connectivity index (χ4n) is 3.35. The number of rotatable bonds is 5. The molecular weight excluding hydrogens is 411 g/mol. The van der Waals surface area contributed by atoms with E-state index in [0.717, 1.165) is 10.9 Å². The Kier molecular flexibility index (Phi) is 4.87. The van der Waals surface area contributed by atoms with Crippen molar-refractivity contribution in [3.63, 3.8) is 0 Å². The summed E-state index contributed by atoms with van der Waals surface area (Å²) in [6, 6.07) is 18.4. The fourth-order valence-corrected chi connectivity index (χ4v) is 3.35. The van der Waals surface area contributed by atoms with Crippen molar-refractivity contribution in [2.75, 3.05) is 12.4 Å². The van der Waals surface area contributed by atoms with Gasteiger partial charge in [-0.3, -0.25) is 4.79 Å². The lowest BCUT2D eigenvalue weighted by Gasteiger charge is -2.13. The summed E-state index contributed by atoms with van der Waals surface area (Å²) in [5, 5.41) is 3.86. The van der Waals surface area contributed by atoms with Crippen LogP contribution in [0.2, 0.25) is 0 Å². The van der Waals surface area contributed by atoms with Crippen molar-refractivity contribution in [1.29, 1.82) is 0 Å². The number of hydrogen-bond donors (Lipinski definition) is 2. The molecule has 0 aliphatic rings. The van der Waals surface area contributed by atoms with E-state index in [2.05, 4.69) is 20.3 Å². The van der Waals surface area contributed by atoms with Gasteiger partial charge in [-0.15, -0.1) is 0 Å². The first kappa shape index (κ1) is 19.5. The number of halogens is 1. The molecule has 0 saturated carbocycles. The topological polar surface area (TPSA) is 89.1 Å². The number of aromatic amines is 1. The van der Waals surface area contributed by atoms with Gasteiger partial charge in [0.1, 0.15) is 5.82 Å². The van der Waals surface area contributed by atoms with E-state index in [1.54, 1.807) is 24.3 Å². The zero-order valence-electron chi connectivity index (χ0n) is 16.9. The lowest BCUT2D eigenvalue weighted by Crippen LogP contribution is -2.16. The summed E-state index contributed by atoms with van der Waals surface area (Å²) in [5.74, 6) is -0.613. The van der Waals surface area contributed by atoms with Crippen molar-refractivity contribution >= 4 is 33.5 Å². The number of H-pyrrole nitrogens is 1. The number of carbonyl (C=O) groups is 1. The minimum absolute atomic E-state index is 0.0124. The van der Waals surface area contributed by atoms with Gasteiger partial charge in [-0.1, -0.05) is 18.2 Å². The first-order valence-corrected chi connectivity index (χ1v) is 9.77. The number of anilines is 1. The van der Waals surface area contributed by atoms with Crippen molar-refractivity contribution in [3.05, 3.63) is 84.4 Å². The molecule has 2 heterocycles. The normalized spacial score (nSPS) is 10.9. The molecule has 0 fully saturated rings. The molecular formula is C24H17FN4O3. The summed E-state index contributed by atoms with van der Waals surface area (Å²) in [6.07, 6.45) is 1.83. The predicted molar refractivity (Wildman–Crippen MR) is 119 cm³/mol. The van der Waals surface area contributed by atoms with Crippen LogP contribution in [0.5, 0.6) is 17.4 Å². The third-order valence-corrected chi connectivity index (χ3v) is 4.90. The molecule has 32 heavy (non-hydrogen) atoms. The van der Waals surface area contributed by atoms with Crippen LogP contribution in [0.15, 0.2) is 72.9 Å². The maximum absolute atomic E-state index is 13.6. The molecule has 1 amide bonds. The van der Waals surface area contributed by atoms with E-state index in [9.17, 15) is 9.18 Å². The van der Waals surface area contributed by atoms with Crippen molar-refractivity contribution in [1.82, 2.24) is 15.0 Å². The fraction of sp³-hybridized carbons (Fsp3) is 0.0417. The summed E-state index contributed by atoms with van der Waals surface area (Å²) in [5.41, 5.74) is 2.55. The SMILES string of the molecule is COc1cc(F)ccc1Oc1nc2ccccc2nc1C(=O)Nc1ccc2cc[nH]c2c1. The van der Waals surface area contributed by atoms with Crippen LogP contribution in [-0.4, -0.2) is 28.0 Å². The highest BCUT2D eigenvalue weighted by atomic mass is 19.1. The Morgan fingerprint density at radius 2 is 1.78 bits per heavy atom. The lowest BCUT2D eigenvalue weighted by atomic mass is 10.2. The number of ether oxygens (including phenoxy) is 2. The maximum Gasteiger partial charge on any atom is 0.279 e.